The summed E-state index contributed by atoms with van der Waals surface area (Å²) >= 11 is 0. The Hall–Kier alpha value is -0.830. The number of rotatable bonds is 3. The molecule has 1 N–H and O–H groups in total. The van der Waals surface area contributed by atoms with Crippen molar-refractivity contribution in [2.75, 3.05) is 13.2 Å². The zero-order chi connectivity index (χ0) is 8.97. The molecule has 0 spiro atoms. The van der Waals surface area contributed by atoms with Gasteiger partial charge < -0.3 is 10.1 Å². The van der Waals surface area contributed by atoms with Crippen LogP contribution in [0.4, 0.5) is 0 Å². The summed E-state index contributed by atoms with van der Waals surface area (Å²) in [5, 5.41) is 2.76. The fourth-order valence-electron chi connectivity index (χ4n) is 1.16. The van der Waals surface area contributed by atoms with Crippen molar-refractivity contribution in [3.63, 3.8) is 0 Å². The van der Waals surface area contributed by atoms with Gasteiger partial charge in [-0.2, -0.15) is 0 Å². The number of carbonyl (C=O) groups excluding carboxylic acids is 1. The molecule has 1 rings (SSSR count). The van der Waals surface area contributed by atoms with Crippen LogP contribution >= 0.6 is 0 Å². The van der Waals surface area contributed by atoms with Crippen molar-refractivity contribution in [2.45, 2.75) is 25.9 Å². The third kappa shape index (κ3) is 2.66. The summed E-state index contributed by atoms with van der Waals surface area (Å²) in [6, 6.07) is 0. The summed E-state index contributed by atoms with van der Waals surface area (Å²) in [5.41, 5.74) is 0.549. The summed E-state index contributed by atoms with van der Waals surface area (Å²) in [7, 11) is 0. The maximum Gasteiger partial charge on any atom is 0.246 e. The van der Waals surface area contributed by atoms with E-state index in [-0.39, 0.29) is 12.0 Å². The Labute approximate surface area is 72.8 Å². The largest absolute Gasteiger partial charge is 0.376 e. The van der Waals surface area contributed by atoms with Crippen LogP contribution in [-0.4, -0.2) is 25.2 Å². The van der Waals surface area contributed by atoms with Crippen LogP contribution in [0.3, 0.4) is 0 Å². The first-order chi connectivity index (χ1) is 5.70. The van der Waals surface area contributed by atoms with E-state index in [1.807, 2.05) is 0 Å². The van der Waals surface area contributed by atoms with Crippen molar-refractivity contribution < 1.29 is 9.53 Å². The molecule has 0 aromatic rings. The van der Waals surface area contributed by atoms with E-state index in [4.69, 9.17) is 4.74 Å². The van der Waals surface area contributed by atoms with E-state index in [9.17, 15) is 4.79 Å². The highest BCUT2D eigenvalue weighted by atomic mass is 16.5. The molecule has 3 nitrogen and oxygen atoms in total. The van der Waals surface area contributed by atoms with Gasteiger partial charge in [-0.15, -0.1) is 0 Å². The van der Waals surface area contributed by atoms with Gasteiger partial charge >= 0.3 is 0 Å². The second kappa shape index (κ2) is 4.26. The molecule has 1 aliphatic rings. The van der Waals surface area contributed by atoms with Crippen molar-refractivity contribution in [3.8, 4) is 0 Å². The first-order valence-corrected chi connectivity index (χ1v) is 4.25. The van der Waals surface area contributed by atoms with Crippen molar-refractivity contribution in [3.05, 3.63) is 12.2 Å². The number of nitrogens with one attached hydrogen (secondary N) is 1. The molecule has 0 saturated carbocycles. The van der Waals surface area contributed by atoms with Gasteiger partial charge in [-0.25, -0.2) is 0 Å². The lowest BCUT2D eigenvalue weighted by atomic mass is 10.2. The smallest absolute Gasteiger partial charge is 0.246 e. The normalized spacial score (nSPS) is 22.2. The average molecular weight is 169 g/mol. The molecule has 3 heteroatoms. The molecular weight excluding hydrogens is 154 g/mol. The molecule has 1 saturated heterocycles. The molecule has 1 atom stereocenters. The molecule has 1 fully saturated rings. The highest BCUT2D eigenvalue weighted by Gasteiger charge is 2.15. The molecule has 0 aliphatic carbocycles. The molecule has 0 radical (unpaired) electrons. The Balaban J connectivity index is 2.16. The number of ether oxygens (including phenoxy) is 1. The predicted octanol–water partition coefficient (Wildman–Crippen LogP) is 0.858. The summed E-state index contributed by atoms with van der Waals surface area (Å²) in [4.78, 5) is 11.0. The lowest BCUT2D eigenvalue weighted by Crippen LogP contribution is -2.31. The van der Waals surface area contributed by atoms with Gasteiger partial charge in [0.1, 0.15) is 0 Å². The zero-order valence-corrected chi connectivity index (χ0v) is 7.43. The molecular formula is C9H15NO2. The van der Waals surface area contributed by atoms with Crippen LogP contribution in [0.15, 0.2) is 12.2 Å². The van der Waals surface area contributed by atoms with Gasteiger partial charge in [-0.1, -0.05) is 6.58 Å². The van der Waals surface area contributed by atoms with Gasteiger partial charge in [-0.3, -0.25) is 4.79 Å². The third-order valence-corrected chi connectivity index (χ3v) is 1.90. The van der Waals surface area contributed by atoms with Crippen LogP contribution in [0.1, 0.15) is 19.8 Å². The average Bonchev–Trinajstić information content (AvgIpc) is 2.51. The molecule has 0 aromatic heterocycles. The maximum atomic E-state index is 11.0. The molecule has 1 heterocycles. The minimum absolute atomic E-state index is 0.0782. The van der Waals surface area contributed by atoms with E-state index in [0.29, 0.717) is 12.1 Å². The fourth-order valence-corrected chi connectivity index (χ4v) is 1.16. The Kier molecular flexibility index (Phi) is 3.29. The van der Waals surface area contributed by atoms with Crippen LogP contribution in [0.5, 0.6) is 0 Å². The second-order valence-corrected chi connectivity index (χ2v) is 3.13. The maximum absolute atomic E-state index is 11.0. The van der Waals surface area contributed by atoms with Gasteiger partial charge in [0.05, 0.1) is 6.10 Å². The van der Waals surface area contributed by atoms with E-state index in [0.717, 1.165) is 19.4 Å². The Morgan fingerprint density at radius 2 is 2.50 bits per heavy atom. The van der Waals surface area contributed by atoms with Crippen molar-refractivity contribution in [2.24, 2.45) is 0 Å². The summed E-state index contributed by atoms with van der Waals surface area (Å²) in [6.45, 7) is 6.69. The van der Waals surface area contributed by atoms with E-state index in [2.05, 4.69) is 11.9 Å². The topological polar surface area (TPSA) is 38.3 Å². The summed E-state index contributed by atoms with van der Waals surface area (Å²) in [5.74, 6) is -0.0782. The molecule has 1 amide bonds. The van der Waals surface area contributed by atoms with Crippen molar-refractivity contribution in [1.82, 2.24) is 5.32 Å². The Morgan fingerprint density at radius 3 is 3.00 bits per heavy atom. The zero-order valence-electron chi connectivity index (χ0n) is 7.43. The Bertz CT molecular complexity index is 183. The summed E-state index contributed by atoms with van der Waals surface area (Å²) < 4.78 is 5.34. The first kappa shape index (κ1) is 9.26. The third-order valence-electron chi connectivity index (χ3n) is 1.90. The lowest BCUT2D eigenvalue weighted by Gasteiger charge is -2.10. The van der Waals surface area contributed by atoms with E-state index < -0.39 is 0 Å². The lowest BCUT2D eigenvalue weighted by molar-refractivity contribution is -0.117. The van der Waals surface area contributed by atoms with Crippen molar-refractivity contribution in [1.29, 1.82) is 0 Å². The predicted molar refractivity (Wildman–Crippen MR) is 46.8 cm³/mol. The van der Waals surface area contributed by atoms with Gasteiger partial charge in [0.15, 0.2) is 0 Å². The van der Waals surface area contributed by atoms with Crippen LogP contribution in [-0.2, 0) is 9.53 Å². The van der Waals surface area contributed by atoms with Gasteiger partial charge in [0.25, 0.3) is 0 Å². The van der Waals surface area contributed by atoms with E-state index in [1.54, 1.807) is 6.92 Å². The number of carbonyl (C=O) groups is 1. The van der Waals surface area contributed by atoms with Crippen LogP contribution in [0.25, 0.3) is 0 Å². The molecule has 0 bridgehead atoms. The molecule has 68 valence electrons. The number of amides is 1. The second-order valence-electron chi connectivity index (χ2n) is 3.13. The number of hydrogen-bond donors (Lipinski definition) is 1. The van der Waals surface area contributed by atoms with Crippen molar-refractivity contribution >= 4 is 5.91 Å². The van der Waals surface area contributed by atoms with Crippen LogP contribution in [0, 0.1) is 0 Å². The van der Waals surface area contributed by atoms with Gasteiger partial charge in [0.2, 0.25) is 5.91 Å². The molecule has 1 aliphatic heterocycles. The molecule has 12 heavy (non-hydrogen) atoms. The fraction of sp³-hybridized carbons (Fsp3) is 0.667. The van der Waals surface area contributed by atoms with Gasteiger partial charge in [-0.05, 0) is 19.8 Å². The van der Waals surface area contributed by atoms with Gasteiger partial charge in [0, 0.05) is 18.7 Å². The number of hydrogen-bond acceptors (Lipinski definition) is 2. The Morgan fingerprint density at radius 1 is 1.75 bits per heavy atom. The monoisotopic (exact) mass is 169 g/mol. The highest BCUT2D eigenvalue weighted by molar-refractivity contribution is 5.92. The quantitative estimate of drug-likeness (QED) is 0.636. The summed E-state index contributed by atoms with van der Waals surface area (Å²) in [6.07, 6.45) is 2.37. The minimum Gasteiger partial charge on any atom is -0.376 e. The van der Waals surface area contributed by atoms with E-state index in [1.165, 1.54) is 0 Å². The van der Waals surface area contributed by atoms with Crippen LogP contribution in [0.2, 0.25) is 0 Å². The minimum atomic E-state index is -0.0782. The standard InChI is InChI=1S/C9H15NO2/c1-7(2)9(11)10-6-8-4-3-5-12-8/h8H,1,3-6H2,2H3,(H,10,11). The first-order valence-electron chi connectivity index (χ1n) is 4.25. The molecule has 0 aromatic carbocycles. The highest BCUT2D eigenvalue weighted by Crippen LogP contribution is 2.10. The van der Waals surface area contributed by atoms with Crippen LogP contribution < -0.4 is 5.32 Å². The molecule has 1 unspecified atom stereocenters. The van der Waals surface area contributed by atoms with E-state index >= 15 is 0 Å². The SMILES string of the molecule is C=C(C)C(=O)NCC1CCCO1.